The van der Waals surface area contributed by atoms with E-state index >= 15 is 0 Å². The van der Waals surface area contributed by atoms with Crippen molar-refractivity contribution in [1.29, 1.82) is 0 Å². The SMILES string of the molecule is CC(C)COc1ccc(CNC(=O)N2CCN(c3ncccn3)CC2)cc1. The molecule has 0 spiro atoms. The Morgan fingerprint density at radius 2 is 1.78 bits per heavy atom. The summed E-state index contributed by atoms with van der Waals surface area (Å²) in [7, 11) is 0. The van der Waals surface area contributed by atoms with E-state index in [-0.39, 0.29) is 6.03 Å². The quantitative estimate of drug-likeness (QED) is 0.847. The molecule has 144 valence electrons. The third-order valence-corrected chi connectivity index (χ3v) is 4.35. The van der Waals surface area contributed by atoms with Crippen molar-refractivity contribution in [1.82, 2.24) is 20.2 Å². The molecule has 1 saturated heterocycles. The van der Waals surface area contributed by atoms with Crippen LogP contribution in [0.25, 0.3) is 0 Å². The molecule has 0 saturated carbocycles. The fourth-order valence-electron chi connectivity index (χ4n) is 2.82. The van der Waals surface area contributed by atoms with Crippen LogP contribution in [0.4, 0.5) is 10.7 Å². The zero-order chi connectivity index (χ0) is 19.1. The number of amides is 2. The number of aromatic nitrogens is 2. The second kappa shape index (κ2) is 9.21. The summed E-state index contributed by atoms with van der Waals surface area (Å²) in [5.41, 5.74) is 1.05. The molecule has 0 atom stereocenters. The summed E-state index contributed by atoms with van der Waals surface area (Å²) >= 11 is 0. The summed E-state index contributed by atoms with van der Waals surface area (Å²) in [6.45, 7) is 8.24. The predicted octanol–water partition coefficient (Wildman–Crippen LogP) is 2.54. The van der Waals surface area contributed by atoms with Gasteiger partial charge in [-0.2, -0.15) is 0 Å². The first kappa shape index (κ1) is 18.9. The molecule has 0 radical (unpaired) electrons. The average molecular weight is 369 g/mol. The van der Waals surface area contributed by atoms with E-state index < -0.39 is 0 Å². The molecule has 1 aliphatic heterocycles. The highest BCUT2D eigenvalue weighted by atomic mass is 16.5. The lowest BCUT2D eigenvalue weighted by Gasteiger charge is -2.34. The van der Waals surface area contributed by atoms with Gasteiger partial charge in [-0.3, -0.25) is 0 Å². The van der Waals surface area contributed by atoms with Crippen LogP contribution in [-0.4, -0.2) is 53.7 Å². The normalized spacial score (nSPS) is 14.3. The standard InChI is InChI=1S/C20H27N5O2/c1-16(2)15-27-18-6-4-17(5-7-18)14-23-20(26)25-12-10-24(11-13-25)19-21-8-3-9-22-19/h3-9,16H,10-15H2,1-2H3,(H,23,26). The maximum atomic E-state index is 12.4. The highest BCUT2D eigenvalue weighted by Crippen LogP contribution is 2.14. The molecular formula is C20H27N5O2. The number of anilines is 1. The number of carbonyl (C=O) groups is 1. The van der Waals surface area contributed by atoms with Crippen LogP contribution >= 0.6 is 0 Å². The number of carbonyl (C=O) groups excluding carboxylic acids is 1. The third-order valence-electron chi connectivity index (χ3n) is 4.35. The Morgan fingerprint density at radius 3 is 2.41 bits per heavy atom. The Labute approximate surface area is 160 Å². The molecule has 1 aromatic carbocycles. The maximum absolute atomic E-state index is 12.4. The molecule has 1 N–H and O–H groups in total. The molecule has 0 unspecified atom stereocenters. The van der Waals surface area contributed by atoms with E-state index in [0.29, 0.717) is 32.2 Å². The summed E-state index contributed by atoms with van der Waals surface area (Å²) in [6.07, 6.45) is 3.47. The zero-order valence-corrected chi connectivity index (χ0v) is 16.0. The first-order chi connectivity index (χ1) is 13.1. The summed E-state index contributed by atoms with van der Waals surface area (Å²) in [6, 6.07) is 9.63. The van der Waals surface area contributed by atoms with Gasteiger partial charge in [0.15, 0.2) is 0 Å². The second-order valence-electron chi connectivity index (χ2n) is 7.03. The molecule has 0 aliphatic carbocycles. The summed E-state index contributed by atoms with van der Waals surface area (Å²) in [4.78, 5) is 24.9. The van der Waals surface area contributed by atoms with Gasteiger partial charge in [0.2, 0.25) is 5.95 Å². The van der Waals surface area contributed by atoms with Gasteiger partial charge in [0, 0.05) is 45.1 Å². The average Bonchev–Trinajstić information content (AvgIpc) is 2.72. The van der Waals surface area contributed by atoms with Gasteiger partial charge < -0.3 is 19.9 Å². The number of benzene rings is 1. The van der Waals surface area contributed by atoms with Gasteiger partial charge in [-0.15, -0.1) is 0 Å². The lowest BCUT2D eigenvalue weighted by Crippen LogP contribution is -2.52. The number of hydrogen-bond donors (Lipinski definition) is 1. The van der Waals surface area contributed by atoms with Gasteiger partial charge in [-0.05, 0) is 29.7 Å². The van der Waals surface area contributed by atoms with E-state index in [1.54, 1.807) is 18.5 Å². The van der Waals surface area contributed by atoms with Crippen LogP contribution in [0, 0.1) is 5.92 Å². The molecule has 1 aromatic heterocycles. The Hall–Kier alpha value is -2.83. The minimum atomic E-state index is -0.0382. The summed E-state index contributed by atoms with van der Waals surface area (Å²) in [5, 5.41) is 2.99. The maximum Gasteiger partial charge on any atom is 0.317 e. The van der Waals surface area contributed by atoms with Crippen LogP contribution in [0.15, 0.2) is 42.7 Å². The first-order valence-electron chi connectivity index (χ1n) is 9.38. The smallest absolute Gasteiger partial charge is 0.317 e. The molecule has 2 amide bonds. The Balaban J connectivity index is 1.42. The first-order valence-corrected chi connectivity index (χ1v) is 9.38. The van der Waals surface area contributed by atoms with Crippen LogP contribution in [0.2, 0.25) is 0 Å². The zero-order valence-electron chi connectivity index (χ0n) is 16.0. The third kappa shape index (κ3) is 5.57. The molecule has 0 bridgehead atoms. The van der Waals surface area contributed by atoms with Crippen molar-refractivity contribution in [2.24, 2.45) is 5.92 Å². The van der Waals surface area contributed by atoms with Crippen LogP contribution in [-0.2, 0) is 6.54 Å². The molecule has 7 nitrogen and oxygen atoms in total. The lowest BCUT2D eigenvalue weighted by atomic mass is 10.2. The van der Waals surface area contributed by atoms with E-state index in [1.807, 2.05) is 29.2 Å². The Morgan fingerprint density at radius 1 is 1.11 bits per heavy atom. The van der Waals surface area contributed by atoms with E-state index in [4.69, 9.17) is 4.74 Å². The van der Waals surface area contributed by atoms with Crippen LogP contribution < -0.4 is 15.0 Å². The van der Waals surface area contributed by atoms with E-state index in [0.717, 1.165) is 30.4 Å². The molecular weight excluding hydrogens is 342 g/mol. The van der Waals surface area contributed by atoms with Gasteiger partial charge in [-0.25, -0.2) is 14.8 Å². The number of piperazine rings is 1. The molecule has 1 fully saturated rings. The molecule has 1 aliphatic rings. The van der Waals surface area contributed by atoms with Crippen molar-refractivity contribution in [3.05, 3.63) is 48.3 Å². The molecule has 27 heavy (non-hydrogen) atoms. The van der Waals surface area contributed by atoms with Crippen LogP contribution in [0.5, 0.6) is 5.75 Å². The Bertz CT molecular complexity index is 713. The van der Waals surface area contributed by atoms with E-state index in [1.165, 1.54) is 0 Å². The van der Waals surface area contributed by atoms with E-state index in [2.05, 4.69) is 34.0 Å². The summed E-state index contributed by atoms with van der Waals surface area (Å²) in [5.74, 6) is 2.08. The van der Waals surface area contributed by atoms with Crippen molar-refractivity contribution in [3.8, 4) is 5.75 Å². The van der Waals surface area contributed by atoms with Gasteiger partial charge in [0.1, 0.15) is 5.75 Å². The molecule has 7 heteroatoms. The van der Waals surface area contributed by atoms with Gasteiger partial charge >= 0.3 is 6.03 Å². The minimum Gasteiger partial charge on any atom is -0.493 e. The monoisotopic (exact) mass is 369 g/mol. The highest BCUT2D eigenvalue weighted by molar-refractivity contribution is 5.74. The fraction of sp³-hybridized carbons (Fsp3) is 0.450. The van der Waals surface area contributed by atoms with Crippen molar-refractivity contribution in [2.45, 2.75) is 20.4 Å². The summed E-state index contributed by atoms with van der Waals surface area (Å²) < 4.78 is 5.68. The molecule has 2 aromatic rings. The van der Waals surface area contributed by atoms with Crippen molar-refractivity contribution < 1.29 is 9.53 Å². The number of nitrogens with one attached hydrogen (secondary N) is 1. The van der Waals surface area contributed by atoms with Gasteiger partial charge in [-0.1, -0.05) is 26.0 Å². The lowest BCUT2D eigenvalue weighted by molar-refractivity contribution is 0.193. The predicted molar refractivity (Wildman–Crippen MR) is 105 cm³/mol. The largest absolute Gasteiger partial charge is 0.493 e. The van der Waals surface area contributed by atoms with Crippen molar-refractivity contribution >= 4 is 12.0 Å². The van der Waals surface area contributed by atoms with E-state index in [9.17, 15) is 4.79 Å². The number of nitrogens with zero attached hydrogens (tertiary/aromatic N) is 4. The minimum absolute atomic E-state index is 0.0382. The number of urea groups is 1. The van der Waals surface area contributed by atoms with Crippen LogP contribution in [0.1, 0.15) is 19.4 Å². The van der Waals surface area contributed by atoms with Crippen molar-refractivity contribution in [2.75, 3.05) is 37.7 Å². The van der Waals surface area contributed by atoms with Crippen molar-refractivity contribution in [3.63, 3.8) is 0 Å². The second-order valence-corrected chi connectivity index (χ2v) is 7.03. The number of ether oxygens (including phenoxy) is 1. The molecule has 3 rings (SSSR count). The topological polar surface area (TPSA) is 70.6 Å². The van der Waals surface area contributed by atoms with Gasteiger partial charge in [0.25, 0.3) is 0 Å². The van der Waals surface area contributed by atoms with Crippen LogP contribution in [0.3, 0.4) is 0 Å². The highest BCUT2D eigenvalue weighted by Gasteiger charge is 2.22. The Kier molecular flexibility index (Phi) is 6.46. The molecule has 2 heterocycles. The fourth-order valence-corrected chi connectivity index (χ4v) is 2.82. The van der Waals surface area contributed by atoms with Gasteiger partial charge in [0.05, 0.1) is 6.61 Å². The number of hydrogen-bond acceptors (Lipinski definition) is 5. The number of rotatable bonds is 6.